The number of amides is 3. The summed E-state index contributed by atoms with van der Waals surface area (Å²) in [5.41, 5.74) is 0.828. The molecule has 2 aromatic carbocycles. The van der Waals surface area contributed by atoms with Crippen LogP contribution in [0, 0.1) is 5.82 Å². The highest BCUT2D eigenvalue weighted by Gasteiger charge is 2.47. The summed E-state index contributed by atoms with van der Waals surface area (Å²) >= 11 is 7.37. The summed E-state index contributed by atoms with van der Waals surface area (Å²) < 4.78 is 18.9. The molecule has 2 aliphatic heterocycles. The van der Waals surface area contributed by atoms with Crippen molar-refractivity contribution in [3.05, 3.63) is 65.2 Å². The summed E-state index contributed by atoms with van der Waals surface area (Å²) in [4.78, 5) is 35.9. The van der Waals surface area contributed by atoms with Crippen LogP contribution in [0.25, 0.3) is 10.8 Å². The number of pyridine rings is 1. The van der Waals surface area contributed by atoms with E-state index in [2.05, 4.69) is 15.3 Å². The number of anilines is 1. The van der Waals surface area contributed by atoms with Crippen LogP contribution in [0.15, 0.2) is 53.8 Å². The third-order valence-electron chi connectivity index (χ3n) is 5.08. The lowest BCUT2D eigenvalue weighted by molar-refractivity contribution is -0.118. The fourth-order valence-corrected chi connectivity index (χ4v) is 5.08. The fourth-order valence-electron chi connectivity index (χ4n) is 3.61. The number of aromatic nitrogens is 1. The molecule has 0 aliphatic carbocycles. The maximum atomic E-state index is 13.9. The molecule has 1 fully saturated rings. The van der Waals surface area contributed by atoms with Crippen molar-refractivity contribution in [1.82, 2.24) is 10.3 Å². The zero-order valence-electron chi connectivity index (χ0n) is 16.0. The molecule has 2 atom stereocenters. The van der Waals surface area contributed by atoms with Gasteiger partial charge in [-0.2, -0.15) is 0 Å². The highest BCUT2D eigenvalue weighted by molar-refractivity contribution is 8.15. The van der Waals surface area contributed by atoms with Gasteiger partial charge in [0.2, 0.25) is 0 Å². The van der Waals surface area contributed by atoms with Gasteiger partial charge in [0, 0.05) is 22.5 Å². The van der Waals surface area contributed by atoms with Crippen molar-refractivity contribution in [2.75, 3.05) is 12.0 Å². The number of thioether (sulfide) groups is 1. The van der Waals surface area contributed by atoms with Gasteiger partial charge in [0.25, 0.3) is 5.91 Å². The molecule has 0 radical (unpaired) electrons. The van der Waals surface area contributed by atoms with Crippen molar-refractivity contribution in [2.24, 2.45) is 4.99 Å². The molecule has 5 rings (SSSR count). The molecule has 1 saturated heterocycles. The van der Waals surface area contributed by atoms with Gasteiger partial charge >= 0.3 is 6.03 Å². The van der Waals surface area contributed by atoms with Gasteiger partial charge in [-0.1, -0.05) is 47.6 Å². The van der Waals surface area contributed by atoms with E-state index >= 15 is 0 Å². The molecule has 31 heavy (non-hydrogen) atoms. The van der Waals surface area contributed by atoms with Gasteiger partial charge in [0.15, 0.2) is 11.6 Å². The molecule has 3 aromatic rings. The topological polar surface area (TPSA) is 83.9 Å². The van der Waals surface area contributed by atoms with Crippen molar-refractivity contribution in [1.29, 1.82) is 0 Å². The Kier molecular flexibility index (Phi) is 4.79. The molecule has 0 spiro atoms. The summed E-state index contributed by atoms with van der Waals surface area (Å²) in [6, 6.07) is 9.35. The molecule has 10 heteroatoms. The van der Waals surface area contributed by atoms with Crippen LogP contribution < -0.4 is 15.0 Å². The first kappa shape index (κ1) is 19.8. The molecule has 2 aliphatic rings. The monoisotopic (exact) mass is 456 g/mol. The molecule has 1 N–H and O–H groups in total. The normalized spacial score (nSPS) is 20.5. The van der Waals surface area contributed by atoms with E-state index < -0.39 is 29.2 Å². The highest BCUT2D eigenvalue weighted by Crippen LogP contribution is 2.39. The Bertz CT molecular complexity index is 1280. The van der Waals surface area contributed by atoms with E-state index in [1.165, 1.54) is 19.4 Å². The minimum Gasteiger partial charge on any atom is -0.494 e. The Morgan fingerprint density at radius 3 is 2.84 bits per heavy atom. The molecule has 2 unspecified atom stereocenters. The summed E-state index contributed by atoms with van der Waals surface area (Å²) in [6.45, 7) is 0. The second kappa shape index (κ2) is 7.51. The van der Waals surface area contributed by atoms with E-state index in [1.807, 2.05) is 24.3 Å². The summed E-state index contributed by atoms with van der Waals surface area (Å²) in [6.07, 6.45) is 2.40. The lowest BCUT2D eigenvalue weighted by atomic mass is 10.1. The number of methoxy groups -OCH3 is 1. The molecule has 0 saturated carbocycles. The molecule has 1 aromatic heterocycles. The van der Waals surface area contributed by atoms with Crippen LogP contribution in [0.5, 0.6) is 5.75 Å². The number of imide groups is 1. The van der Waals surface area contributed by atoms with Crippen molar-refractivity contribution in [3.63, 3.8) is 0 Å². The largest absolute Gasteiger partial charge is 0.494 e. The average Bonchev–Trinajstić information content (AvgIpc) is 3.18. The molecular weight excluding hydrogens is 443 g/mol. The van der Waals surface area contributed by atoms with E-state index in [9.17, 15) is 14.0 Å². The van der Waals surface area contributed by atoms with E-state index in [0.29, 0.717) is 16.3 Å². The molecule has 156 valence electrons. The number of rotatable bonds is 3. The highest BCUT2D eigenvalue weighted by atomic mass is 35.5. The maximum absolute atomic E-state index is 13.9. The molecular formula is C21H14ClFN4O3S. The van der Waals surface area contributed by atoms with Gasteiger partial charge in [-0.15, -0.1) is 0 Å². The first-order chi connectivity index (χ1) is 15.0. The maximum Gasteiger partial charge on any atom is 0.330 e. The Labute approximate surface area is 185 Å². The number of hydrogen-bond acceptors (Lipinski definition) is 6. The number of nitrogens with zero attached hydrogens (tertiary/aromatic N) is 3. The molecule has 3 amide bonds. The lowest BCUT2D eigenvalue weighted by Gasteiger charge is -2.32. The van der Waals surface area contributed by atoms with E-state index in [-0.39, 0.29) is 10.8 Å². The molecule has 7 nitrogen and oxygen atoms in total. The minimum atomic E-state index is -0.758. The second-order valence-corrected chi connectivity index (χ2v) is 8.42. The van der Waals surface area contributed by atoms with Crippen LogP contribution in [0.3, 0.4) is 0 Å². The number of urea groups is 1. The van der Waals surface area contributed by atoms with Crippen LogP contribution in [0.4, 0.5) is 14.9 Å². The Hall–Kier alpha value is -3.17. The number of benzene rings is 2. The Morgan fingerprint density at radius 1 is 1.23 bits per heavy atom. The van der Waals surface area contributed by atoms with Crippen LogP contribution in [-0.4, -0.2) is 40.5 Å². The number of carbonyl (C=O) groups is 2. The van der Waals surface area contributed by atoms with Crippen molar-refractivity contribution in [3.8, 4) is 5.75 Å². The van der Waals surface area contributed by atoms with E-state index in [0.717, 1.165) is 33.5 Å². The Morgan fingerprint density at radius 2 is 2.03 bits per heavy atom. The predicted octanol–water partition coefficient (Wildman–Crippen LogP) is 3.98. The van der Waals surface area contributed by atoms with Gasteiger partial charge in [-0.3, -0.25) is 14.8 Å². The van der Waals surface area contributed by atoms with Gasteiger partial charge in [-0.25, -0.2) is 14.1 Å². The third-order valence-corrected chi connectivity index (χ3v) is 6.65. The minimum absolute atomic E-state index is 0.0105. The average molecular weight is 457 g/mol. The van der Waals surface area contributed by atoms with Crippen LogP contribution in [0.2, 0.25) is 5.02 Å². The number of carbonyl (C=O) groups excluding carboxylic acids is 2. The number of ether oxygens (including phenoxy) is 1. The fraction of sp³-hybridized carbons (Fsp3) is 0.143. The zero-order valence-corrected chi connectivity index (χ0v) is 17.6. The first-order valence-corrected chi connectivity index (χ1v) is 10.5. The summed E-state index contributed by atoms with van der Waals surface area (Å²) in [7, 11) is 1.35. The number of nitrogens with one attached hydrogen (secondary N) is 1. The second-order valence-electron chi connectivity index (χ2n) is 6.89. The van der Waals surface area contributed by atoms with Gasteiger partial charge in [0.05, 0.1) is 24.0 Å². The van der Waals surface area contributed by atoms with Crippen molar-refractivity contribution >= 4 is 56.8 Å². The van der Waals surface area contributed by atoms with Crippen molar-refractivity contribution < 1.29 is 18.7 Å². The lowest BCUT2D eigenvalue weighted by Crippen LogP contribution is -2.60. The van der Waals surface area contributed by atoms with Gasteiger partial charge < -0.3 is 10.1 Å². The molecule has 0 bridgehead atoms. The van der Waals surface area contributed by atoms with Crippen molar-refractivity contribution in [2.45, 2.75) is 11.4 Å². The Balaban J connectivity index is 1.50. The van der Waals surface area contributed by atoms with Gasteiger partial charge in [-0.05, 0) is 12.1 Å². The predicted molar refractivity (Wildman–Crippen MR) is 117 cm³/mol. The van der Waals surface area contributed by atoms with E-state index in [4.69, 9.17) is 16.3 Å². The van der Waals surface area contributed by atoms with Crippen LogP contribution >= 0.6 is 23.4 Å². The number of aliphatic imine (C=N–C) groups is 1. The smallest absolute Gasteiger partial charge is 0.330 e. The number of fused-ring (bicyclic) bond motifs is 2. The number of hydrogen-bond donors (Lipinski definition) is 1. The van der Waals surface area contributed by atoms with E-state index in [1.54, 1.807) is 6.20 Å². The zero-order chi connectivity index (χ0) is 21.7. The SMILES string of the molecule is COc1cc(C2=NC3NC(=O)N(c4cncc5ccccc45)C(=O)C3S2)c(Cl)cc1F. The summed E-state index contributed by atoms with van der Waals surface area (Å²) in [5.74, 6) is -1.01. The van der Waals surface area contributed by atoms with Crippen LogP contribution in [0.1, 0.15) is 5.56 Å². The van der Waals surface area contributed by atoms with Gasteiger partial charge in [0.1, 0.15) is 16.5 Å². The first-order valence-electron chi connectivity index (χ1n) is 9.23. The summed E-state index contributed by atoms with van der Waals surface area (Å²) in [5, 5.41) is 4.17. The third kappa shape index (κ3) is 3.21. The quantitative estimate of drug-likeness (QED) is 0.644. The number of halogens is 2. The molecule has 3 heterocycles. The standard InChI is InChI=1S/C21H14ClFN4O3S/c1-30-16-6-12(13(22)7-14(16)23)19-25-18-17(31-19)20(28)27(21(29)26-18)15-9-24-8-10-4-2-3-5-11(10)15/h2-9,17-18H,1H3,(H,26,29). The van der Waals surface area contributed by atoms with Crippen LogP contribution in [-0.2, 0) is 4.79 Å².